The maximum atomic E-state index is 12.9. The van der Waals surface area contributed by atoms with Gasteiger partial charge in [-0.1, -0.05) is 331 Å². The Labute approximate surface area is 503 Å². The Hall–Kier alpha value is -3.15. The number of ether oxygens (including phenoxy) is 3. The van der Waals surface area contributed by atoms with Crippen LogP contribution in [0.4, 0.5) is 0 Å². The van der Waals surface area contributed by atoms with E-state index in [1.807, 2.05) is 0 Å². The van der Waals surface area contributed by atoms with Crippen molar-refractivity contribution in [3.63, 3.8) is 0 Å². The van der Waals surface area contributed by atoms with E-state index in [4.69, 9.17) is 14.2 Å². The number of rotatable bonds is 65. The fraction of sp³-hybridized carbons (Fsp3) is 0.800. The predicted octanol–water partition coefficient (Wildman–Crippen LogP) is 24.4. The summed E-state index contributed by atoms with van der Waals surface area (Å²) in [5, 5.41) is 0. The first kappa shape index (κ1) is 77.9. The van der Waals surface area contributed by atoms with E-state index in [0.29, 0.717) is 19.3 Å². The Morgan fingerprint density at radius 1 is 0.259 bits per heavy atom. The molecule has 0 aromatic heterocycles. The summed E-state index contributed by atoms with van der Waals surface area (Å²) in [5.41, 5.74) is 0. The Bertz CT molecular complexity index is 1490. The number of allylic oxidation sites excluding steroid dienone is 12. The molecular formula is C75H134O6. The van der Waals surface area contributed by atoms with E-state index in [2.05, 4.69) is 93.7 Å². The topological polar surface area (TPSA) is 78.9 Å². The van der Waals surface area contributed by atoms with Crippen LogP contribution >= 0.6 is 0 Å². The smallest absolute Gasteiger partial charge is 0.306 e. The lowest BCUT2D eigenvalue weighted by atomic mass is 10.0. The first-order chi connectivity index (χ1) is 40.0. The van der Waals surface area contributed by atoms with Gasteiger partial charge in [0, 0.05) is 19.3 Å². The maximum absolute atomic E-state index is 12.9. The van der Waals surface area contributed by atoms with Gasteiger partial charge in [-0.3, -0.25) is 14.4 Å². The fourth-order valence-electron chi connectivity index (χ4n) is 10.4. The Balaban J connectivity index is 4.16. The van der Waals surface area contributed by atoms with Crippen molar-refractivity contribution >= 4 is 17.9 Å². The third kappa shape index (κ3) is 67.5. The number of carbonyl (C=O) groups excluding carboxylic acids is 3. The van der Waals surface area contributed by atoms with E-state index in [-0.39, 0.29) is 31.1 Å². The number of hydrogen-bond acceptors (Lipinski definition) is 6. The zero-order valence-corrected chi connectivity index (χ0v) is 54.1. The lowest BCUT2D eigenvalue weighted by molar-refractivity contribution is -0.167. The van der Waals surface area contributed by atoms with Crippen molar-refractivity contribution < 1.29 is 28.6 Å². The van der Waals surface area contributed by atoms with Gasteiger partial charge in [-0.2, -0.15) is 0 Å². The van der Waals surface area contributed by atoms with Crippen LogP contribution in [0.15, 0.2) is 72.9 Å². The van der Waals surface area contributed by atoms with Crippen LogP contribution in [0.1, 0.15) is 367 Å². The fourth-order valence-corrected chi connectivity index (χ4v) is 10.4. The molecule has 0 heterocycles. The van der Waals surface area contributed by atoms with Crippen LogP contribution in [0.3, 0.4) is 0 Å². The average Bonchev–Trinajstić information content (AvgIpc) is 3.47. The standard InChI is InChI=1S/C75H134O6/c1-4-7-10-13-16-19-22-25-28-30-31-32-33-34-35-36-37-38-39-40-41-42-43-44-45-46-48-50-53-56-59-62-65-68-74(77)80-71-72(70-79-73(76)67-64-61-58-55-52-49-27-24-21-18-15-12-9-6-3)81-75(78)69-66-63-60-57-54-51-47-29-26-23-20-17-14-11-8-5-2/h7,10,16,19,25,28-29,31-32,34-35,47,72H,4-6,8-9,11-15,17-18,20-24,26-27,30,33,36-46,48-71H2,1-3H3/b10-7-,19-16-,28-25-,32-31-,35-34-,47-29-. The van der Waals surface area contributed by atoms with E-state index in [1.54, 1.807) is 0 Å². The predicted molar refractivity (Wildman–Crippen MR) is 353 cm³/mol. The van der Waals surface area contributed by atoms with Crippen LogP contribution in [0.5, 0.6) is 0 Å². The summed E-state index contributed by atoms with van der Waals surface area (Å²) in [6.07, 6.45) is 90.8. The number of hydrogen-bond donors (Lipinski definition) is 0. The molecule has 470 valence electrons. The Morgan fingerprint density at radius 3 is 0.765 bits per heavy atom. The van der Waals surface area contributed by atoms with Crippen molar-refractivity contribution in [1.29, 1.82) is 0 Å². The van der Waals surface area contributed by atoms with Gasteiger partial charge in [0.05, 0.1) is 0 Å². The van der Waals surface area contributed by atoms with Crippen LogP contribution in [0.25, 0.3) is 0 Å². The van der Waals surface area contributed by atoms with Gasteiger partial charge < -0.3 is 14.2 Å². The minimum absolute atomic E-state index is 0.0722. The Kier molecular flexibility index (Phi) is 66.6. The molecule has 0 aliphatic carbocycles. The average molecular weight is 1130 g/mol. The highest BCUT2D eigenvalue weighted by atomic mass is 16.6. The minimum atomic E-state index is -0.776. The van der Waals surface area contributed by atoms with Gasteiger partial charge in [-0.15, -0.1) is 0 Å². The van der Waals surface area contributed by atoms with E-state index in [1.165, 1.54) is 231 Å². The second-order valence-electron chi connectivity index (χ2n) is 23.8. The molecule has 0 spiro atoms. The number of esters is 3. The van der Waals surface area contributed by atoms with Crippen LogP contribution in [0, 0.1) is 0 Å². The molecule has 0 saturated carbocycles. The molecule has 1 unspecified atom stereocenters. The van der Waals surface area contributed by atoms with E-state index in [9.17, 15) is 14.4 Å². The van der Waals surface area contributed by atoms with Crippen molar-refractivity contribution in [2.75, 3.05) is 13.2 Å². The summed E-state index contributed by atoms with van der Waals surface area (Å²) in [5.74, 6) is -0.857. The third-order valence-corrected chi connectivity index (χ3v) is 15.7. The maximum Gasteiger partial charge on any atom is 0.306 e. The van der Waals surface area contributed by atoms with E-state index >= 15 is 0 Å². The van der Waals surface area contributed by atoms with Crippen LogP contribution in [-0.2, 0) is 28.6 Å². The van der Waals surface area contributed by atoms with Crippen molar-refractivity contribution in [2.45, 2.75) is 374 Å². The molecule has 0 radical (unpaired) electrons. The van der Waals surface area contributed by atoms with Crippen molar-refractivity contribution in [1.82, 2.24) is 0 Å². The normalized spacial score (nSPS) is 12.5. The summed E-state index contributed by atoms with van der Waals surface area (Å²) in [4.78, 5) is 38.4. The highest BCUT2D eigenvalue weighted by Crippen LogP contribution is 2.18. The molecule has 0 rings (SSSR count). The van der Waals surface area contributed by atoms with Crippen molar-refractivity contribution in [2.24, 2.45) is 0 Å². The first-order valence-electron chi connectivity index (χ1n) is 35.4. The van der Waals surface area contributed by atoms with Crippen LogP contribution in [-0.4, -0.2) is 37.2 Å². The molecule has 0 amide bonds. The van der Waals surface area contributed by atoms with Gasteiger partial charge in [0.15, 0.2) is 6.10 Å². The van der Waals surface area contributed by atoms with Crippen molar-refractivity contribution in [3.05, 3.63) is 72.9 Å². The molecule has 0 saturated heterocycles. The van der Waals surface area contributed by atoms with E-state index < -0.39 is 6.10 Å². The highest BCUT2D eigenvalue weighted by molar-refractivity contribution is 5.71. The second kappa shape index (κ2) is 69.3. The van der Waals surface area contributed by atoms with Gasteiger partial charge in [0.25, 0.3) is 0 Å². The molecule has 0 aromatic carbocycles. The largest absolute Gasteiger partial charge is 0.462 e. The molecule has 81 heavy (non-hydrogen) atoms. The molecule has 0 aromatic rings. The van der Waals surface area contributed by atoms with Gasteiger partial charge in [-0.05, 0) is 89.9 Å². The molecule has 0 aliphatic rings. The van der Waals surface area contributed by atoms with Gasteiger partial charge in [-0.25, -0.2) is 0 Å². The molecule has 6 heteroatoms. The third-order valence-electron chi connectivity index (χ3n) is 15.7. The van der Waals surface area contributed by atoms with Gasteiger partial charge in [0.2, 0.25) is 0 Å². The summed E-state index contributed by atoms with van der Waals surface area (Å²) in [6.45, 7) is 6.57. The molecule has 0 fully saturated rings. The number of carbonyl (C=O) groups is 3. The van der Waals surface area contributed by atoms with Crippen LogP contribution < -0.4 is 0 Å². The van der Waals surface area contributed by atoms with Crippen LogP contribution in [0.2, 0.25) is 0 Å². The molecular weight excluding hydrogens is 997 g/mol. The SMILES string of the molecule is CC/C=C\C/C=C\C/C=C\C/C=C\C/C=C\CCCCCCCCCCCCCCCCCCCC(=O)OCC(COC(=O)CCCCCCCCCCCCCCCC)OC(=O)CCCCCCC/C=C\CCCCCCCCC. The molecule has 1 atom stereocenters. The summed E-state index contributed by atoms with van der Waals surface area (Å²) >= 11 is 0. The minimum Gasteiger partial charge on any atom is -0.462 e. The Morgan fingerprint density at radius 2 is 0.481 bits per heavy atom. The van der Waals surface area contributed by atoms with Crippen molar-refractivity contribution in [3.8, 4) is 0 Å². The molecule has 6 nitrogen and oxygen atoms in total. The molecule has 0 bridgehead atoms. The number of unbranched alkanes of at least 4 members (excludes halogenated alkanes) is 42. The highest BCUT2D eigenvalue weighted by Gasteiger charge is 2.19. The lowest BCUT2D eigenvalue weighted by Gasteiger charge is -2.18. The quantitative estimate of drug-likeness (QED) is 0.0261. The van der Waals surface area contributed by atoms with Gasteiger partial charge in [0.1, 0.15) is 13.2 Å². The molecule has 0 N–H and O–H groups in total. The van der Waals surface area contributed by atoms with E-state index in [0.717, 1.165) is 96.3 Å². The summed E-state index contributed by atoms with van der Waals surface area (Å²) < 4.78 is 17.0. The first-order valence-corrected chi connectivity index (χ1v) is 35.4. The monoisotopic (exact) mass is 1130 g/mol. The lowest BCUT2D eigenvalue weighted by Crippen LogP contribution is -2.30. The second-order valence-corrected chi connectivity index (χ2v) is 23.8. The zero-order chi connectivity index (χ0) is 58.5. The molecule has 0 aliphatic heterocycles. The summed E-state index contributed by atoms with van der Waals surface area (Å²) in [6, 6.07) is 0. The van der Waals surface area contributed by atoms with Gasteiger partial charge >= 0.3 is 17.9 Å². The summed E-state index contributed by atoms with van der Waals surface area (Å²) in [7, 11) is 0. The zero-order valence-electron chi connectivity index (χ0n) is 54.1.